The van der Waals surface area contributed by atoms with Crippen LogP contribution in [0.5, 0.6) is 0 Å². The summed E-state index contributed by atoms with van der Waals surface area (Å²) in [4.78, 5) is 40.7. The second kappa shape index (κ2) is 23.0. The number of likely N-dealkylation sites (tertiary alicyclic amines) is 1. The van der Waals surface area contributed by atoms with E-state index in [1.54, 1.807) is 65.5 Å². The number of hydrogen-bond donors (Lipinski definition) is 3. The zero-order chi connectivity index (χ0) is 43.3. The van der Waals surface area contributed by atoms with Crippen LogP contribution in [0.25, 0.3) is 22.6 Å². The molecule has 2 atom stereocenters. The number of hydrogen-bond acceptors (Lipinski definition) is 10. The van der Waals surface area contributed by atoms with Crippen LogP contribution in [0.15, 0.2) is 98.1 Å². The van der Waals surface area contributed by atoms with Gasteiger partial charge in [0.25, 0.3) is 11.8 Å². The summed E-state index contributed by atoms with van der Waals surface area (Å²) in [5, 5.41) is 31.8. The molecule has 6 aromatic rings. The molecule has 3 N–H and O–H groups in total. The predicted molar refractivity (Wildman–Crippen MR) is 217 cm³/mol. The molecule has 6 heterocycles. The number of likely N-dealkylation sites (N-methyl/N-ethyl adjacent to an activating group) is 1. The zero-order valence-corrected chi connectivity index (χ0v) is 37.5. The van der Waals surface area contributed by atoms with Gasteiger partial charge in [-0.15, -0.1) is 5.92 Å². The van der Waals surface area contributed by atoms with Crippen LogP contribution in [-0.4, -0.2) is 105 Å². The number of pyridine rings is 2. The quantitative estimate of drug-likeness (QED) is 0.103. The van der Waals surface area contributed by atoms with Crippen LogP contribution in [-0.2, 0) is 9.59 Å². The van der Waals surface area contributed by atoms with E-state index in [0.717, 1.165) is 22.5 Å². The van der Waals surface area contributed by atoms with Gasteiger partial charge in [-0.1, -0.05) is 70.3 Å². The first-order chi connectivity index (χ1) is 28.6. The maximum absolute atomic E-state index is 12.1. The van der Waals surface area contributed by atoms with Gasteiger partial charge >= 0.3 is 58.9 Å². The van der Waals surface area contributed by atoms with Crippen LogP contribution in [0.3, 0.4) is 0 Å². The number of carbonyl (C=O) groups is 2. The van der Waals surface area contributed by atoms with E-state index in [-0.39, 0.29) is 57.3 Å². The van der Waals surface area contributed by atoms with E-state index in [0.29, 0.717) is 52.6 Å². The van der Waals surface area contributed by atoms with E-state index in [1.165, 1.54) is 17.6 Å². The summed E-state index contributed by atoms with van der Waals surface area (Å²) >= 11 is 17.6. The Morgan fingerprint density at radius 3 is 1.90 bits per heavy atom. The number of amides is 2. The summed E-state index contributed by atoms with van der Waals surface area (Å²) in [5.74, 6) is 10.2. The van der Waals surface area contributed by atoms with Gasteiger partial charge in [-0.25, -0.2) is 29.3 Å². The molecule has 14 nitrogen and oxygen atoms in total. The summed E-state index contributed by atoms with van der Waals surface area (Å²) in [6.45, 7) is 0.965. The average molecular weight is 916 g/mol. The molecule has 2 saturated heterocycles. The van der Waals surface area contributed by atoms with Gasteiger partial charge in [-0.3, -0.25) is 22.5 Å². The van der Waals surface area contributed by atoms with Crippen molar-refractivity contribution in [2.75, 3.05) is 20.1 Å². The maximum atomic E-state index is 12.1. The molecule has 0 unspecified atom stereocenters. The van der Waals surface area contributed by atoms with Gasteiger partial charge in [0.05, 0.1) is 17.1 Å². The Labute approximate surface area is 405 Å². The van der Waals surface area contributed by atoms with E-state index in [1.807, 2.05) is 36.4 Å². The fourth-order valence-electron chi connectivity index (χ4n) is 5.32. The van der Waals surface area contributed by atoms with Crippen LogP contribution in [0.4, 0.5) is 12.9 Å². The summed E-state index contributed by atoms with van der Waals surface area (Å²) < 4.78 is 32.2. The molecule has 2 amide bonds. The molecule has 0 saturated carbocycles. The first kappa shape index (κ1) is 49.0. The Balaban J connectivity index is 0.000000209. The topological polar surface area (TPSA) is 177 Å². The fourth-order valence-corrected chi connectivity index (χ4v) is 5.97. The first-order valence-electron chi connectivity index (χ1n) is 17.4. The third-order valence-corrected chi connectivity index (χ3v) is 8.82. The number of halogens is 6. The zero-order valence-electron chi connectivity index (χ0n) is 32.1. The van der Waals surface area contributed by atoms with Crippen molar-refractivity contribution in [1.29, 1.82) is 0 Å². The van der Waals surface area contributed by atoms with Gasteiger partial charge in [0, 0.05) is 62.3 Å². The molecule has 0 bridgehead atoms. The van der Waals surface area contributed by atoms with Gasteiger partial charge in [-0.05, 0) is 18.2 Å². The monoisotopic (exact) mass is 914 g/mol. The molecule has 61 heavy (non-hydrogen) atoms. The molecule has 2 fully saturated rings. The number of benzene rings is 2. The molecule has 22 heteroatoms. The minimum absolute atomic E-state index is 0. The number of aromatic nitrogens is 8. The van der Waals surface area contributed by atoms with Crippen molar-refractivity contribution in [1.82, 2.24) is 49.7 Å². The molecular weight excluding hydrogens is 886 g/mol. The smallest absolute Gasteiger partial charge is 0.369 e. The van der Waals surface area contributed by atoms with Crippen molar-refractivity contribution < 1.29 is 84.1 Å². The van der Waals surface area contributed by atoms with Gasteiger partial charge < -0.3 is 20.4 Å². The molecule has 2 aliphatic heterocycles. The Morgan fingerprint density at radius 1 is 0.803 bits per heavy atom. The first-order valence-corrected chi connectivity index (χ1v) is 18.5. The van der Waals surface area contributed by atoms with Crippen molar-refractivity contribution in [2.24, 2.45) is 0 Å². The number of carbonyl (C=O) groups excluding carboxylic acids is 2. The Hall–Kier alpha value is -4.64. The third kappa shape index (κ3) is 14.5. The van der Waals surface area contributed by atoms with E-state index in [2.05, 4.69) is 65.2 Å². The molecule has 2 aromatic carbocycles. The fraction of sp³-hybridized carbons (Fsp3) is 0.179. The summed E-state index contributed by atoms with van der Waals surface area (Å²) in [5.41, 5.74) is 1.19. The summed E-state index contributed by atoms with van der Waals surface area (Å²) in [6, 6.07) is 24.2. The molecule has 4 aromatic heterocycles. The number of nitrogens with zero attached hydrogens (tertiary/aromatic N) is 9. The standard InChI is InChI=1S/C20H16ClN5O2.C12H10NO2.C7H4Cl2N4.BF3.K/c1-25-8-7-20(28,19(25)27)6-5-14-3-2-4-15(9-14)17-10-16(11-18(21)24-17)26-13-22-12-23-26;14-11-12(15,8-9-13-11)7-6-10-4-2-1-3-5-10;8-6-1-5(2-7(9)12-6)13-4-10-3-11-13;2-1(3)4;/h2-4,9-13,28H,7-8H2,1H3;1-2,4-5,15H,8-9H2,(H,13,14);1-4H;;/q;-1;;;+1/t20-;12-;;;/m00.../s1. The molecule has 2 aliphatic rings. The van der Waals surface area contributed by atoms with Gasteiger partial charge in [-0.2, -0.15) is 40.5 Å². The van der Waals surface area contributed by atoms with Crippen LogP contribution in [0, 0.1) is 29.7 Å². The minimum atomic E-state index is -3.67. The normalized spacial score (nSPS) is 17.2. The van der Waals surface area contributed by atoms with Gasteiger partial charge in [0.2, 0.25) is 11.2 Å². The van der Waals surface area contributed by atoms with E-state index in [9.17, 15) is 32.7 Å². The molecular formula is C39H30BCl3F3KN10O4. The van der Waals surface area contributed by atoms with Gasteiger partial charge in [0.15, 0.2) is 0 Å². The average Bonchev–Trinajstić information content (AvgIpc) is 4.06. The SMILES string of the molecule is CN1CC[C@@](O)(C#Cc2cccc(-c3cc(-n4cncn4)cc(Cl)n3)c2)C1=O.Clc1cc(-n2cncn2)cc(Cl)n1.FB(F)F.O=C1NCC[C@@]1(O)C#Cc1c[c-]ccc1.[K+]. The number of aliphatic hydroxyl groups is 2. The van der Waals surface area contributed by atoms with E-state index < -0.39 is 24.7 Å². The summed E-state index contributed by atoms with van der Waals surface area (Å²) in [6.07, 6.45) is 6.65. The van der Waals surface area contributed by atoms with Crippen molar-refractivity contribution in [3.8, 4) is 46.3 Å². The third-order valence-electron chi connectivity index (χ3n) is 8.24. The molecule has 0 radical (unpaired) electrons. The van der Waals surface area contributed by atoms with E-state index >= 15 is 0 Å². The van der Waals surface area contributed by atoms with Crippen LogP contribution in [0.2, 0.25) is 15.5 Å². The predicted octanol–water partition coefficient (Wildman–Crippen LogP) is 1.87. The van der Waals surface area contributed by atoms with E-state index in [4.69, 9.17) is 34.8 Å². The van der Waals surface area contributed by atoms with Crippen LogP contribution < -0.4 is 56.7 Å². The van der Waals surface area contributed by atoms with Crippen molar-refractivity contribution in [2.45, 2.75) is 24.0 Å². The van der Waals surface area contributed by atoms with Gasteiger partial charge in [0.1, 0.15) is 40.8 Å². The number of rotatable bonds is 3. The minimum Gasteiger partial charge on any atom is -0.369 e. The largest absolute Gasteiger partial charge is 1.00 e. The molecule has 0 aliphatic carbocycles. The Bertz CT molecular complexity index is 2520. The van der Waals surface area contributed by atoms with Crippen LogP contribution >= 0.6 is 34.8 Å². The summed E-state index contributed by atoms with van der Waals surface area (Å²) in [7, 11) is -2.01. The maximum Gasteiger partial charge on any atom is 1.00 e. The molecule has 0 spiro atoms. The van der Waals surface area contributed by atoms with Crippen molar-refractivity contribution >= 4 is 54.2 Å². The second-order valence-corrected chi connectivity index (χ2v) is 13.7. The molecule has 306 valence electrons. The number of nitrogens with one attached hydrogen (secondary N) is 1. The van der Waals surface area contributed by atoms with Crippen molar-refractivity contribution in [3.05, 3.63) is 131 Å². The van der Waals surface area contributed by atoms with Crippen molar-refractivity contribution in [3.63, 3.8) is 0 Å². The Kier molecular flexibility index (Phi) is 18.5. The van der Waals surface area contributed by atoms with Crippen LogP contribution in [0.1, 0.15) is 24.0 Å². The molecule has 8 rings (SSSR count). The second-order valence-electron chi connectivity index (χ2n) is 12.5. The Morgan fingerprint density at radius 2 is 1.38 bits per heavy atom.